The summed E-state index contributed by atoms with van der Waals surface area (Å²) in [4.78, 5) is 6.29. The molecule has 1 aromatic carbocycles. The second-order valence-corrected chi connectivity index (χ2v) is 7.61. The molecule has 1 atom stereocenters. The zero-order valence-electron chi connectivity index (χ0n) is 12.1. The molecule has 1 aliphatic rings. The van der Waals surface area contributed by atoms with Crippen molar-refractivity contribution in [2.45, 2.75) is 17.9 Å². The van der Waals surface area contributed by atoms with Crippen LogP contribution in [-0.2, 0) is 10.0 Å². The number of aromatic nitrogens is 2. The molecule has 22 heavy (non-hydrogen) atoms. The van der Waals surface area contributed by atoms with Crippen LogP contribution >= 0.6 is 11.5 Å². The highest BCUT2D eigenvalue weighted by Gasteiger charge is 2.18. The summed E-state index contributed by atoms with van der Waals surface area (Å²) < 4.78 is 30.7. The monoisotopic (exact) mass is 339 g/mol. The maximum atomic E-state index is 12.2. The van der Waals surface area contributed by atoms with E-state index in [2.05, 4.69) is 31.2 Å². The van der Waals surface area contributed by atoms with Crippen molar-refractivity contribution in [2.24, 2.45) is 0 Å². The number of nitrogens with zero attached hydrogens (tertiary/aromatic N) is 3. The molecule has 0 spiro atoms. The van der Waals surface area contributed by atoms with Crippen molar-refractivity contribution in [3.63, 3.8) is 0 Å². The highest BCUT2D eigenvalue weighted by molar-refractivity contribution is 7.93. The van der Waals surface area contributed by atoms with Gasteiger partial charge in [-0.05, 0) is 31.2 Å². The van der Waals surface area contributed by atoms with Gasteiger partial charge in [0.2, 0.25) is 5.13 Å². The summed E-state index contributed by atoms with van der Waals surface area (Å²) in [6, 6.07) is 7.34. The molecule has 0 aliphatic carbocycles. The van der Waals surface area contributed by atoms with E-state index in [-0.39, 0.29) is 10.0 Å². The van der Waals surface area contributed by atoms with Crippen LogP contribution in [0.25, 0.3) is 0 Å². The number of sulfonamides is 1. The van der Waals surface area contributed by atoms with E-state index in [0.717, 1.165) is 36.9 Å². The number of rotatable bonds is 4. The van der Waals surface area contributed by atoms with Gasteiger partial charge in [-0.25, -0.2) is 13.4 Å². The minimum Gasteiger partial charge on any atom is -0.369 e. The highest BCUT2D eigenvalue weighted by atomic mass is 32.2. The summed E-state index contributed by atoms with van der Waals surface area (Å²) in [7, 11) is -3.61. The Morgan fingerprint density at radius 3 is 2.77 bits per heavy atom. The van der Waals surface area contributed by atoms with Gasteiger partial charge in [0.05, 0.1) is 4.90 Å². The Bertz CT molecular complexity index is 715. The van der Waals surface area contributed by atoms with E-state index in [0.29, 0.717) is 6.04 Å². The van der Waals surface area contributed by atoms with E-state index in [9.17, 15) is 8.42 Å². The molecule has 7 nitrogen and oxygen atoms in total. The number of piperazine rings is 1. The van der Waals surface area contributed by atoms with E-state index < -0.39 is 10.0 Å². The molecule has 9 heteroatoms. The smallest absolute Gasteiger partial charge is 0.263 e. The van der Waals surface area contributed by atoms with Crippen molar-refractivity contribution in [3.05, 3.63) is 30.6 Å². The Morgan fingerprint density at radius 1 is 1.36 bits per heavy atom. The molecular formula is C13H17N5O2S2. The fraction of sp³-hybridized carbons (Fsp3) is 0.385. The summed E-state index contributed by atoms with van der Waals surface area (Å²) in [5.74, 6) is 0. The van der Waals surface area contributed by atoms with Gasteiger partial charge in [0.25, 0.3) is 10.0 Å². The summed E-state index contributed by atoms with van der Waals surface area (Å²) in [6.45, 7) is 4.89. The van der Waals surface area contributed by atoms with Crippen LogP contribution < -0.4 is 14.9 Å². The highest BCUT2D eigenvalue weighted by Crippen LogP contribution is 2.21. The Hall–Kier alpha value is -1.71. The summed E-state index contributed by atoms with van der Waals surface area (Å²) >= 11 is 1.00. The van der Waals surface area contributed by atoms with Crippen molar-refractivity contribution in [1.82, 2.24) is 14.7 Å². The van der Waals surface area contributed by atoms with E-state index in [1.807, 2.05) is 12.1 Å². The van der Waals surface area contributed by atoms with Gasteiger partial charge in [0.15, 0.2) is 0 Å². The molecule has 3 rings (SSSR count). The molecule has 1 unspecified atom stereocenters. The molecule has 2 N–H and O–H groups in total. The Morgan fingerprint density at radius 2 is 2.14 bits per heavy atom. The van der Waals surface area contributed by atoms with Gasteiger partial charge in [-0.15, -0.1) is 0 Å². The molecule has 1 saturated heterocycles. The zero-order valence-corrected chi connectivity index (χ0v) is 13.7. The zero-order chi connectivity index (χ0) is 15.6. The second kappa shape index (κ2) is 6.19. The van der Waals surface area contributed by atoms with Crippen molar-refractivity contribution >= 4 is 32.4 Å². The molecule has 1 aliphatic heterocycles. The lowest BCUT2D eigenvalue weighted by molar-refractivity contribution is 0.485. The van der Waals surface area contributed by atoms with Crippen LogP contribution in [0, 0.1) is 0 Å². The molecule has 118 valence electrons. The van der Waals surface area contributed by atoms with Gasteiger partial charge in [0, 0.05) is 42.9 Å². The van der Waals surface area contributed by atoms with E-state index in [4.69, 9.17) is 0 Å². The molecule has 1 aromatic heterocycles. The molecule has 1 fully saturated rings. The first-order chi connectivity index (χ1) is 10.5. The minimum atomic E-state index is -3.61. The van der Waals surface area contributed by atoms with Crippen LogP contribution in [0.1, 0.15) is 6.92 Å². The molecule has 0 radical (unpaired) electrons. The fourth-order valence-electron chi connectivity index (χ4n) is 2.39. The van der Waals surface area contributed by atoms with Gasteiger partial charge < -0.3 is 10.2 Å². The summed E-state index contributed by atoms with van der Waals surface area (Å²) in [5.41, 5.74) is 1.03. The van der Waals surface area contributed by atoms with Crippen molar-refractivity contribution < 1.29 is 8.42 Å². The normalized spacial score (nSPS) is 19.1. The fourth-order valence-corrected chi connectivity index (χ4v) is 4.06. The van der Waals surface area contributed by atoms with Gasteiger partial charge >= 0.3 is 0 Å². The van der Waals surface area contributed by atoms with Gasteiger partial charge in [0.1, 0.15) is 6.33 Å². The molecule has 0 bridgehead atoms. The molecule has 0 amide bonds. The van der Waals surface area contributed by atoms with E-state index in [1.54, 1.807) is 12.1 Å². The number of hydrogen-bond acceptors (Lipinski definition) is 7. The van der Waals surface area contributed by atoms with Crippen LogP contribution in [-0.4, -0.2) is 43.5 Å². The van der Waals surface area contributed by atoms with Crippen molar-refractivity contribution in [3.8, 4) is 0 Å². The maximum absolute atomic E-state index is 12.2. The molecule has 2 aromatic rings. The van der Waals surface area contributed by atoms with E-state index >= 15 is 0 Å². The average molecular weight is 339 g/mol. The molecule has 0 saturated carbocycles. The van der Waals surface area contributed by atoms with Gasteiger partial charge in [-0.1, -0.05) is 0 Å². The number of nitrogens with one attached hydrogen (secondary N) is 2. The van der Waals surface area contributed by atoms with Crippen LogP contribution in [0.4, 0.5) is 10.8 Å². The van der Waals surface area contributed by atoms with Crippen LogP contribution in [0.3, 0.4) is 0 Å². The number of anilines is 2. The first-order valence-electron chi connectivity index (χ1n) is 6.92. The van der Waals surface area contributed by atoms with Crippen molar-refractivity contribution in [2.75, 3.05) is 29.3 Å². The van der Waals surface area contributed by atoms with Crippen molar-refractivity contribution in [1.29, 1.82) is 0 Å². The third-order valence-electron chi connectivity index (χ3n) is 3.46. The Labute approximate surface area is 133 Å². The number of benzene rings is 1. The largest absolute Gasteiger partial charge is 0.369 e. The third kappa shape index (κ3) is 3.37. The SMILES string of the molecule is CC1CN(c2ccc(S(=O)(=O)Nc3ncns3)cc2)CCN1. The van der Waals surface area contributed by atoms with Crippen LogP contribution in [0.5, 0.6) is 0 Å². The van der Waals surface area contributed by atoms with Gasteiger partial charge in [-0.2, -0.15) is 4.37 Å². The van der Waals surface area contributed by atoms with Crippen LogP contribution in [0.2, 0.25) is 0 Å². The molecule has 2 heterocycles. The predicted molar refractivity (Wildman–Crippen MR) is 86.8 cm³/mol. The average Bonchev–Trinajstić information content (AvgIpc) is 2.99. The molecular weight excluding hydrogens is 322 g/mol. The maximum Gasteiger partial charge on any atom is 0.263 e. The van der Waals surface area contributed by atoms with Crippen LogP contribution in [0.15, 0.2) is 35.5 Å². The number of hydrogen-bond donors (Lipinski definition) is 2. The Balaban J connectivity index is 1.76. The lowest BCUT2D eigenvalue weighted by Gasteiger charge is -2.33. The Kier molecular flexibility index (Phi) is 4.27. The lowest BCUT2D eigenvalue weighted by atomic mass is 10.2. The first-order valence-corrected chi connectivity index (χ1v) is 9.18. The predicted octanol–water partition coefficient (Wildman–Crippen LogP) is 1.14. The summed E-state index contributed by atoms with van der Waals surface area (Å²) in [5, 5.41) is 3.65. The minimum absolute atomic E-state index is 0.217. The standard InChI is InChI=1S/C13H17N5O2S2/c1-10-8-18(7-6-14-10)11-2-4-12(5-3-11)22(19,20)17-13-15-9-16-21-13/h2-5,9-10,14H,6-8H2,1H3,(H,15,16,17). The van der Waals surface area contributed by atoms with Gasteiger partial charge in [-0.3, -0.25) is 4.72 Å². The second-order valence-electron chi connectivity index (χ2n) is 5.15. The third-order valence-corrected chi connectivity index (χ3v) is 5.53. The topological polar surface area (TPSA) is 87.2 Å². The summed E-state index contributed by atoms with van der Waals surface area (Å²) in [6.07, 6.45) is 1.32. The van der Waals surface area contributed by atoms with E-state index in [1.165, 1.54) is 6.33 Å². The first kappa shape index (κ1) is 15.2. The lowest BCUT2D eigenvalue weighted by Crippen LogP contribution is -2.49. The quantitative estimate of drug-likeness (QED) is 0.868.